The number of fused-ring (bicyclic) bond motifs is 1. The quantitative estimate of drug-likeness (QED) is 0.613. The van der Waals surface area contributed by atoms with E-state index < -0.39 is 9.69 Å². The van der Waals surface area contributed by atoms with Gasteiger partial charge in [-0.25, -0.2) is 8.42 Å². The molecular formula is C12H13BINO2S. The van der Waals surface area contributed by atoms with Crippen LogP contribution >= 0.6 is 22.4 Å². The van der Waals surface area contributed by atoms with Crippen molar-refractivity contribution in [2.24, 2.45) is 0 Å². The van der Waals surface area contributed by atoms with Gasteiger partial charge in [0.2, 0.25) is 0 Å². The zero-order valence-corrected chi connectivity index (χ0v) is 13.2. The van der Waals surface area contributed by atoms with Crippen molar-refractivity contribution < 1.29 is 8.42 Å². The minimum Gasteiger partial charge on any atom is -0.377 e. The number of rotatable bonds is 3. The van der Waals surface area contributed by atoms with Gasteiger partial charge >= 0.3 is 4.41 Å². The summed E-state index contributed by atoms with van der Waals surface area (Å²) < 4.78 is 24.4. The van der Waals surface area contributed by atoms with E-state index in [2.05, 4.69) is 0 Å². The zero-order valence-electron chi connectivity index (χ0n) is 10.2. The first-order chi connectivity index (χ1) is 8.47. The molecule has 0 heterocycles. The molecular weight excluding hydrogens is 360 g/mol. The molecule has 0 aromatic heterocycles. The van der Waals surface area contributed by atoms with Gasteiger partial charge in [0.25, 0.3) is 0 Å². The second-order valence-electron chi connectivity index (χ2n) is 4.25. The Morgan fingerprint density at radius 1 is 1.11 bits per heavy atom. The zero-order chi connectivity index (χ0) is 13.3. The third-order valence-electron chi connectivity index (χ3n) is 2.80. The number of hydrogen-bond donors (Lipinski definition) is 0. The summed E-state index contributed by atoms with van der Waals surface area (Å²) in [6, 6.07) is 11.2. The van der Waals surface area contributed by atoms with E-state index in [1.165, 1.54) is 0 Å². The molecule has 94 valence electrons. The first-order valence-corrected chi connectivity index (χ1v) is 8.63. The van der Waals surface area contributed by atoms with Gasteiger partial charge in [-0.05, 0) is 17.5 Å². The van der Waals surface area contributed by atoms with Crippen LogP contribution in [-0.4, -0.2) is 26.9 Å². The molecule has 0 saturated heterocycles. The molecule has 0 fully saturated rings. The highest BCUT2D eigenvalue weighted by molar-refractivity contribution is 14.1. The lowest BCUT2D eigenvalue weighted by Crippen LogP contribution is -2.12. The second kappa shape index (κ2) is 5.09. The topological polar surface area (TPSA) is 37.4 Å². The van der Waals surface area contributed by atoms with Gasteiger partial charge in [0.05, 0.1) is 4.90 Å². The van der Waals surface area contributed by atoms with E-state index >= 15 is 0 Å². The summed E-state index contributed by atoms with van der Waals surface area (Å²) in [4.78, 5) is 2.35. The van der Waals surface area contributed by atoms with Crippen LogP contribution in [0.25, 0.3) is 10.8 Å². The minimum absolute atomic E-state index is 0.0889. The Morgan fingerprint density at radius 3 is 2.28 bits per heavy atom. The summed E-state index contributed by atoms with van der Waals surface area (Å²) in [5.74, 6) is 0. The van der Waals surface area contributed by atoms with Gasteiger partial charge in [-0.1, -0.05) is 24.3 Å². The van der Waals surface area contributed by atoms with Crippen molar-refractivity contribution in [3.8, 4) is 0 Å². The van der Waals surface area contributed by atoms with Gasteiger partial charge in [-0.2, -0.15) is 0 Å². The molecule has 0 saturated carbocycles. The molecule has 0 spiro atoms. The van der Waals surface area contributed by atoms with Crippen LogP contribution in [0.2, 0.25) is 0 Å². The molecule has 3 nitrogen and oxygen atoms in total. The van der Waals surface area contributed by atoms with E-state index in [9.17, 15) is 8.42 Å². The van der Waals surface area contributed by atoms with Crippen molar-refractivity contribution in [3.63, 3.8) is 0 Å². The minimum atomic E-state index is -3.22. The summed E-state index contributed by atoms with van der Waals surface area (Å²) in [5, 5.41) is 1.76. The van der Waals surface area contributed by atoms with Crippen molar-refractivity contribution in [2.45, 2.75) is 4.90 Å². The Bertz CT molecular complexity index is 680. The van der Waals surface area contributed by atoms with Crippen LogP contribution in [0, 0.1) is 0 Å². The fourth-order valence-corrected chi connectivity index (χ4v) is 3.92. The van der Waals surface area contributed by atoms with E-state index in [-0.39, 0.29) is 4.41 Å². The molecule has 0 amide bonds. The average Bonchev–Trinajstić information content (AvgIpc) is 2.37. The van der Waals surface area contributed by atoms with Gasteiger partial charge in [0.15, 0.2) is 0 Å². The Balaban J connectivity index is 2.91. The van der Waals surface area contributed by atoms with E-state index in [4.69, 9.17) is 0 Å². The molecule has 2 aromatic rings. The fourth-order valence-electron chi connectivity index (χ4n) is 1.98. The van der Waals surface area contributed by atoms with E-state index in [0.29, 0.717) is 4.90 Å². The molecule has 0 atom stereocenters. The van der Waals surface area contributed by atoms with E-state index in [1.54, 1.807) is 12.1 Å². The van der Waals surface area contributed by atoms with Gasteiger partial charge < -0.3 is 4.90 Å². The maximum Gasteiger partial charge on any atom is 0.351 e. The van der Waals surface area contributed by atoms with Gasteiger partial charge in [0.1, 0.15) is 9.69 Å². The highest BCUT2D eigenvalue weighted by atomic mass is 127. The summed E-state index contributed by atoms with van der Waals surface area (Å²) in [6.45, 7) is 0. The van der Waals surface area contributed by atoms with Crippen LogP contribution in [0.3, 0.4) is 0 Å². The molecule has 0 N–H and O–H groups in total. The third-order valence-corrected chi connectivity index (χ3v) is 6.56. The number of halogens is 1. The Hall–Kier alpha value is -0.755. The van der Waals surface area contributed by atoms with Crippen LogP contribution in [0.5, 0.6) is 0 Å². The number of anilines is 1. The van der Waals surface area contributed by atoms with Crippen LogP contribution in [0.4, 0.5) is 5.69 Å². The van der Waals surface area contributed by atoms with Crippen LogP contribution in [0.15, 0.2) is 41.3 Å². The molecule has 2 rings (SSSR count). The highest BCUT2D eigenvalue weighted by Gasteiger charge is 2.19. The molecule has 18 heavy (non-hydrogen) atoms. The molecule has 0 aliphatic carbocycles. The maximum atomic E-state index is 12.2. The lowest BCUT2D eigenvalue weighted by atomic mass is 10.1. The molecule has 0 unspecified atom stereocenters. The van der Waals surface area contributed by atoms with Gasteiger partial charge in [0, 0.05) is 25.2 Å². The molecule has 0 bridgehead atoms. The lowest BCUT2D eigenvalue weighted by molar-refractivity contribution is 0.610. The third kappa shape index (κ3) is 2.35. The first-order valence-electron chi connectivity index (χ1n) is 5.45. The van der Waals surface area contributed by atoms with E-state index in [0.717, 1.165) is 16.5 Å². The largest absolute Gasteiger partial charge is 0.377 e. The Morgan fingerprint density at radius 2 is 1.72 bits per heavy atom. The molecule has 0 aliphatic rings. The Labute approximate surface area is 121 Å². The summed E-state index contributed by atoms with van der Waals surface area (Å²) in [6.07, 6.45) is 0. The van der Waals surface area contributed by atoms with Crippen LogP contribution in [0.1, 0.15) is 0 Å². The lowest BCUT2D eigenvalue weighted by Gasteiger charge is -2.17. The monoisotopic (exact) mass is 373 g/mol. The smallest absolute Gasteiger partial charge is 0.351 e. The van der Waals surface area contributed by atoms with Crippen molar-refractivity contribution >= 4 is 52.9 Å². The van der Waals surface area contributed by atoms with Crippen LogP contribution in [-0.2, 0) is 9.69 Å². The molecule has 0 radical (unpaired) electrons. The van der Waals surface area contributed by atoms with Crippen LogP contribution < -0.4 is 4.90 Å². The Kier molecular flexibility index (Phi) is 3.86. The summed E-state index contributed by atoms with van der Waals surface area (Å²) in [7, 11) is 0.617. The number of benzene rings is 2. The predicted octanol–water partition coefficient (Wildman–Crippen LogP) is 2.38. The molecule has 0 aliphatic heterocycles. The SMILES string of the molecule is CN(C)c1cccc2cccc(S(=O)(=O)BI)c12. The highest BCUT2D eigenvalue weighted by Crippen LogP contribution is 2.32. The van der Waals surface area contributed by atoms with Crippen molar-refractivity contribution in [1.29, 1.82) is 0 Å². The summed E-state index contributed by atoms with van der Waals surface area (Å²) >= 11 is 1.89. The van der Waals surface area contributed by atoms with Crippen molar-refractivity contribution in [3.05, 3.63) is 36.4 Å². The first kappa shape index (κ1) is 13.7. The summed E-state index contributed by atoms with van der Waals surface area (Å²) in [5.41, 5.74) is 0.927. The molecule has 2 aromatic carbocycles. The number of hydrogen-bond acceptors (Lipinski definition) is 3. The average molecular weight is 373 g/mol. The normalized spacial score (nSPS) is 11.5. The fraction of sp³-hybridized carbons (Fsp3) is 0.167. The van der Waals surface area contributed by atoms with Gasteiger partial charge in [-0.3, -0.25) is 0 Å². The number of nitrogens with zero attached hydrogens (tertiary/aromatic N) is 1. The molecule has 6 heteroatoms. The van der Waals surface area contributed by atoms with E-state index in [1.807, 2.05) is 65.6 Å². The second-order valence-corrected chi connectivity index (χ2v) is 8.01. The standard InChI is InChI=1S/C12H13BINO2S/c1-15(2)10-7-3-5-9-6-4-8-11(12(9)10)18(16,17)13-14/h3-8,13H,1-2H3. The van der Waals surface area contributed by atoms with Crippen molar-refractivity contribution in [2.75, 3.05) is 19.0 Å². The van der Waals surface area contributed by atoms with Gasteiger partial charge in [-0.15, -0.1) is 22.4 Å². The van der Waals surface area contributed by atoms with Crippen molar-refractivity contribution in [1.82, 2.24) is 0 Å². The predicted molar refractivity (Wildman–Crippen MR) is 86.6 cm³/mol. The maximum absolute atomic E-state index is 12.2.